The number of alkyl halides is 1. The molecule has 4 rings (SSSR count). The van der Waals surface area contributed by atoms with Crippen molar-refractivity contribution in [2.45, 2.75) is 20.0 Å². The third-order valence-corrected chi connectivity index (χ3v) is 4.65. The fourth-order valence-corrected chi connectivity index (χ4v) is 3.18. The Morgan fingerprint density at radius 1 is 1.30 bits per heavy atom. The first-order valence-electron chi connectivity index (χ1n) is 9.40. The minimum Gasteiger partial charge on any atom is -0.474 e. The van der Waals surface area contributed by atoms with Gasteiger partial charge in [-0.05, 0) is 32.0 Å². The van der Waals surface area contributed by atoms with Crippen molar-refractivity contribution >= 4 is 40.8 Å². The number of amides is 2. The van der Waals surface area contributed by atoms with E-state index < -0.39 is 6.09 Å². The number of halogens is 1. The van der Waals surface area contributed by atoms with Crippen LogP contribution in [0.15, 0.2) is 36.8 Å². The van der Waals surface area contributed by atoms with E-state index in [4.69, 9.17) is 21.1 Å². The number of carbonyl (C=O) groups excluding carboxylic acids is 2. The first-order chi connectivity index (χ1) is 14.4. The maximum absolute atomic E-state index is 12.5. The molecule has 2 amide bonds. The topological polar surface area (TPSA) is 98.1 Å². The van der Waals surface area contributed by atoms with Crippen molar-refractivity contribution in [2.75, 3.05) is 29.2 Å². The predicted molar refractivity (Wildman–Crippen MR) is 112 cm³/mol. The highest BCUT2D eigenvalue weighted by Crippen LogP contribution is 2.34. The average Bonchev–Trinajstić information content (AvgIpc) is 3.13. The second kappa shape index (κ2) is 8.19. The van der Waals surface area contributed by atoms with Gasteiger partial charge in [0.1, 0.15) is 23.8 Å². The lowest BCUT2D eigenvalue weighted by Crippen LogP contribution is -2.39. The number of carbonyl (C=O) groups is 2. The van der Waals surface area contributed by atoms with Crippen molar-refractivity contribution in [1.82, 2.24) is 14.4 Å². The number of anilines is 2. The summed E-state index contributed by atoms with van der Waals surface area (Å²) in [6, 6.07) is 5.56. The molecule has 0 aromatic carbocycles. The number of aromatic nitrogens is 3. The molecule has 0 aliphatic carbocycles. The minimum atomic E-state index is -0.432. The third-order valence-electron chi connectivity index (χ3n) is 4.41. The number of ether oxygens (including phenoxy) is 2. The lowest BCUT2D eigenvalue weighted by Gasteiger charge is -2.29. The molecule has 0 saturated carbocycles. The molecule has 0 unspecified atom stereocenters. The number of hydrogen-bond donors (Lipinski definition) is 1. The van der Waals surface area contributed by atoms with Crippen LogP contribution in [0.2, 0.25) is 0 Å². The van der Waals surface area contributed by atoms with Gasteiger partial charge in [-0.15, -0.1) is 11.6 Å². The van der Waals surface area contributed by atoms with E-state index in [1.54, 1.807) is 30.6 Å². The minimum absolute atomic E-state index is 0.141. The summed E-state index contributed by atoms with van der Waals surface area (Å²) in [6.07, 6.45) is 4.59. The summed E-state index contributed by atoms with van der Waals surface area (Å²) in [6.45, 7) is 4.34. The quantitative estimate of drug-likeness (QED) is 0.639. The van der Waals surface area contributed by atoms with E-state index in [-0.39, 0.29) is 17.9 Å². The molecule has 1 N–H and O–H groups in total. The smallest absolute Gasteiger partial charge is 0.414 e. The lowest BCUT2D eigenvalue weighted by atomic mass is 10.1. The number of nitrogens with one attached hydrogen (secondary N) is 1. The van der Waals surface area contributed by atoms with Crippen LogP contribution in [0.4, 0.5) is 16.3 Å². The lowest BCUT2D eigenvalue weighted by molar-refractivity contribution is -0.113. The summed E-state index contributed by atoms with van der Waals surface area (Å²) in [5, 5.41) is 2.63. The fourth-order valence-electron chi connectivity index (χ4n) is 3.11. The molecule has 3 aromatic heterocycles. The summed E-state index contributed by atoms with van der Waals surface area (Å²) in [7, 11) is 0. The van der Waals surface area contributed by atoms with Crippen LogP contribution in [0.5, 0.6) is 5.88 Å². The van der Waals surface area contributed by atoms with E-state index >= 15 is 0 Å². The molecule has 10 heteroatoms. The number of nitrogens with zero attached hydrogens (tertiary/aromatic N) is 4. The SMILES string of the molecule is CC(C)OC(=O)N1CCOc2ncc(-c3ccc4nc(NC(=O)CCl)cn4c3)cc21. The first kappa shape index (κ1) is 20.0. The molecule has 156 valence electrons. The number of hydrogen-bond acceptors (Lipinski definition) is 6. The Labute approximate surface area is 177 Å². The molecular formula is C20H20ClN5O4. The van der Waals surface area contributed by atoms with Crippen LogP contribution in [0.3, 0.4) is 0 Å². The molecule has 4 heterocycles. The molecule has 0 saturated heterocycles. The highest BCUT2D eigenvalue weighted by Gasteiger charge is 2.27. The molecule has 0 bridgehead atoms. The molecule has 1 aliphatic heterocycles. The zero-order chi connectivity index (χ0) is 21.3. The third kappa shape index (κ3) is 4.02. The average molecular weight is 430 g/mol. The van der Waals surface area contributed by atoms with Crippen molar-refractivity contribution in [3.8, 4) is 17.0 Å². The van der Waals surface area contributed by atoms with Gasteiger partial charge in [0.05, 0.1) is 18.8 Å². The summed E-state index contributed by atoms with van der Waals surface area (Å²) in [4.78, 5) is 34.2. The Morgan fingerprint density at radius 2 is 2.13 bits per heavy atom. The Balaban J connectivity index is 1.66. The van der Waals surface area contributed by atoms with E-state index in [9.17, 15) is 9.59 Å². The molecule has 0 radical (unpaired) electrons. The van der Waals surface area contributed by atoms with Crippen LogP contribution >= 0.6 is 11.6 Å². The molecule has 30 heavy (non-hydrogen) atoms. The molecular weight excluding hydrogens is 410 g/mol. The molecule has 9 nitrogen and oxygen atoms in total. The van der Waals surface area contributed by atoms with E-state index in [1.807, 2.05) is 24.4 Å². The Kier molecular flexibility index (Phi) is 5.45. The molecule has 0 fully saturated rings. The second-order valence-electron chi connectivity index (χ2n) is 6.97. The van der Waals surface area contributed by atoms with Crippen molar-refractivity contribution < 1.29 is 19.1 Å². The standard InChI is InChI=1S/C20H20ClN5O4/c1-12(2)30-20(28)26-5-6-29-19-15(26)7-14(9-22-19)13-3-4-17-23-16(11-25(17)10-13)24-18(27)8-21/h3-4,7,9-12H,5-6,8H2,1-2H3,(H,24,27). The van der Waals surface area contributed by atoms with Gasteiger partial charge in [-0.25, -0.2) is 14.8 Å². The highest BCUT2D eigenvalue weighted by molar-refractivity contribution is 6.29. The summed E-state index contributed by atoms with van der Waals surface area (Å²) in [5.74, 6) is 0.336. The van der Waals surface area contributed by atoms with E-state index in [2.05, 4.69) is 15.3 Å². The van der Waals surface area contributed by atoms with E-state index in [1.165, 1.54) is 4.90 Å². The van der Waals surface area contributed by atoms with Crippen LogP contribution in [0, 0.1) is 0 Å². The number of imidazole rings is 1. The largest absolute Gasteiger partial charge is 0.474 e. The van der Waals surface area contributed by atoms with Gasteiger partial charge < -0.3 is 19.2 Å². The molecule has 3 aromatic rings. The summed E-state index contributed by atoms with van der Waals surface area (Å²) >= 11 is 5.52. The van der Waals surface area contributed by atoms with Gasteiger partial charge in [-0.2, -0.15) is 0 Å². The van der Waals surface area contributed by atoms with Crippen LogP contribution in [-0.2, 0) is 9.53 Å². The van der Waals surface area contributed by atoms with Crippen LogP contribution in [0.25, 0.3) is 16.8 Å². The first-order valence-corrected chi connectivity index (χ1v) is 9.94. The van der Waals surface area contributed by atoms with Crippen LogP contribution < -0.4 is 15.0 Å². The van der Waals surface area contributed by atoms with Gasteiger partial charge in [-0.1, -0.05) is 0 Å². The van der Waals surface area contributed by atoms with Gasteiger partial charge in [-0.3, -0.25) is 9.69 Å². The second-order valence-corrected chi connectivity index (χ2v) is 7.24. The van der Waals surface area contributed by atoms with E-state index in [0.29, 0.717) is 36.2 Å². The normalized spacial score (nSPS) is 13.1. The van der Waals surface area contributed by atoms with Gasteiger partial charge in [0.25, 0.3) is 0 Å². The Bertz CT molecular complexity index is 1110. The number of rotatable bonds is 4. The summed E-state index contributed by atoms with van der Waals surface area (Å²) in [5.41, 5.74) is 2.88. The molecule has 1 aliphatic rings. The van der Waals surface area contributed by atoms with Crippen molar-refractivity contribution in [3.05, 3.63) is 36.8 Å². The zero-order valence-corrected chi connectivity index (χ0v) is 17.2. The van der Waals surface area contributed by atoms with Crippen molar-refractivity contribution in [2.24, 2.45) is 0 Å². The van der Waals surface area contributed by atoms with Gasteiger partial charge >= 0.3 is 6.09 Å². The van der Waals surface area contributed by atoms with Crippen molar-refractivity contribution in [3.63, 3.8) is 0 Å². The number of pyridine rings is 2. The van der Waals surface area contributed by atoms with Crippen molar-refractivity contribution in [1.29, 1.82) is 0 Å². The molecule has 0 atom stereocenters. The Morgan fingerprint density at radius 3 is 2.90 bits per heavy atom. The van der Waals surface area contributed by atoms with E-state index in [0.717, 1.165) is 11.1 Å². The predicted octanol–water partition coefficient (Wildman–Crippen LogP) is 3.32. The van der Waals surface area contributed by atoms with Gasteiger partial charge in [0.15, 0.2) is 5.82 Å². The van der Waals surface area contributed by atoms with Gasteiger partial charge in [0, 0.05) is 23.5 Å². The highest BCUT2D eigenvalue weighted by atomic mass is 35.5. The Hall–Kier alpha value is -3.33. The van der Waals surface area contributed by atoms with Gasteiger partial charge in [0.2, 0.25) is 11.8 Å². The monoisotopic (exact) mass is 429 g/mol. The zero-order valence-electron chi connectivity index (χ0n) is 16.5. The van der Waals surface area contributed by atoms with Crippen LogP contribution in [0.1, 0.15) is 13.8 Å². The maximum atomic E-state index is 12.5. The summed E-state index contributed by atoms with van der Waals surface area (Å²) < 4.78 is 12.7. The maximum Gasteiger partial charge on any atom is 0.414 e. The van der Waals surface area contributed by atoms with Crippen LogP contribution in [-0.4, -0.2) is 51.5 Å². The fraction of sp³-hybridized carbons (Fsp3) is 0.300. The molecule has 0 spiro atoms. The number of fused-ring (bicyclic) bond motifs is 2.